The molecule has 0 saturated carbocycles. The van der Waals surface area contributed by atoms with E-state index in [0.717, 1.165) is 11.9 Å². The van der Waals surface area contributed by atoms with Gasteiger partial charge in [0.15, 0.2) is 0 Å². The van der Waals surface area contributed by atoms with Gasteiger partial charge in [-0.05, 0) is 46.6 Å². The third-order valence-corrected chi connectivity index (χ3v) is 5.09. The zero-order valence-electron chi connectivity index (χ0n) is 16.9. The highest BCUT2D eigenvalue weighted by atomic mass is 16.6. The van der Waals surface area contributed by atoms with Crippen molar-refractivity contribution in [3.63, 3.8) is 0 Å². The number of fused-ring (bicyclic) bond motifs is 1. The van der Waals surface area contributed by atoms with E-state index in [1.54, 1.807) is 32.9 Å². The first kappa shape index (κ1) is 21.8. The third kappa shape index (κ3) is 4.68. The van der Waals surface area contributed by atoms with Gasteiger partial charge in [0, 0.05) is 23.3 Å². The molecule has 0 amide bonds. The second-order valence-corrected chi connectivity index (χ2v) is 7.01. The number of ether oxygens (including phenoxy) is 3. The summed E-state index contributed by atoms with van der Waals surface area (Å²) in [7, 11) is 0. The summed E-state index contributed by atoms with van der Waals surface area (Å²) < 4.78 is 17.1. The van der Waals surface area contributed by atoms with E-state index in [1.807, 2.05) is 13.0 Å². The molecule has 2 aliphatic rings. The van der Waals surface area contributed by atoms with Gasteiger partial charge in [0.1, 0.15) is 24.6 Å². The first-order valence-electron chi connectivity index (χ1n) is 9.51. The van der Waals surface area contributed by atoms with Crippen LogP contribution in [0.5, 0.6) is 0 Å². The average molecular weight is 388 g/mol. The van der Waals surface area contributed by atoms with Gasteiger partial charge in [-0.1, -0.05) is 24.3 Å². The van der Waals surface area contributed by atoms with Gasteiger partial charge < -0.3 is 14.2 Å². The van der Waals surface area contributed by atoms with E-state index in [0.29, 0.717) is 30.6 Å². The molecule has 0 aromatic rings. The van der Waals surface area contributed by atoms with Crippen molar-refractivity contribution in [1.29, 1.82) is 0 Å². The van der Waals surface area contributed by atoms with Gasteiger partial charge in [0.25, 0.3) is 0 Å². The third-order valence-electron chi connectivity index (χ3n) is 5.09. The number of hydrogen-bond acceptors (Lipinski definition) is 6. The summed E-state index contributed by atoms with van der Waals surface area (Å²) in [4.78, 5) is 36.6. The Kier molecular flexibility index (Phi) is 7.52. The maximum absolute atomic E-state index is 12.6. The van der Waals surface area contributed by atoms with Crippen molar-refractivity contribution in [1.82, 2.24) is 0 Å². The highest BCUT2D eigenvalue weighted by Gasteiger charge is 2.48. The number of aldehydes is 1. The largest absolute Gasteiger partial charge is 0.455 e. The number of esters is 2. The van der Waals surface area contributed by atoms with E-state index >= 15 is 0 Å². The normalized spacial score (nSPS) is 32.4. The standard InChI is InChI=1S/C22H28O6/c1-6-14(4)21(24)28-20-18-15(5)22(25)27-17(18)11-13(3)9-8-10-16(12-23)19(20)26-7-2/h6,10-12,17-20H,5,7-9H2,1-4H3/b13-11+,14-6-,16-10-/t17-,18+,19+,20+/m1/s1. The maximum atomic E-state index is 12.6. The highest BCUT2D eigenvalue weighted by Crippen LogP contribution is 2.37. The van der Waals surface area contributed by atoms with Gasteiger partial charge in [0.05, 0.1) is 5.92 Å². The number of carbonyl (C=O) groups excluding carboxylic acids is 3. The Bertz CT molecular complexity index is 742. The fourth-order valence-corrected chi connectivity index (χ4v) is 3.41. The fraction of sp³-hybridized carbons (Fsp3) is 0.500. The van der Waals surface area contributed by atoms with Gasteiger partial charge in [-0.25, -0.2) is 9.59 Å². The lowest BCUT2D eigenvalue weighted by Crippen LogP contribution is -2.44. The minimum atomic E-state index is -0.926. The molecule has 1 saturated heterocycles. The van der Waals surface area contributed by atoms with Crippen LogP contribution in [0.25, 0.3) is 0 Å². The minimum Gasteiger partial charge on any atom is -0.455 e. The monoisotopic (exact) mass is 388 g/mol. The minimum absolute atomic E-state index is 0.209. The van der Waals surface area contributed by atoms with Crippen LogP contribution >= 0.6 is 0 Å². The van der Waals surface area contributed by atoms with E-state index in [2.05, 4.69) is 6.58 Å². The van der Waals surface area contributed by atoms with Crippen molar-refractivity contribution in [3.8, 4) is 0 Å². The Labute approximate surface area is 165 Å². The quantitative estimate of drug-likeness (QED) is 0.311. The van der Waals surface area contributed by atoms with Crippen LogP contribution in [0.3, 0.4) is 0 Å². The van der Waals surface area contributed by atoms with E-state index in [4.69, 9.17) is 14.2 Å². The molecule has 6 heteroatoms. The summed E-state index contributed by atoms with van der Waals surface area (Å²) in [6.07, 6.45) is 5.00. The summed E-state index contributed by atoms with van der Waals surface area (Å²) in [5, 5.41) is 0. The predicted molar refractivity (Wildman–Crippen MR) is 104 cm³/mol. The van der Waals surface area contributed by atoms with Crippen LogP contribution in [-0.4, -0.2) is 43.1 Å². The van der Waals surface area contributed by atoms with Gasteiger partial charge in [-0.2, -0.15) is 0 Å². The summed E-state index contributed by atoms with van der Waals surface area (Å²) in [5.74, 6) is -1.71. The van der Waals surface area contributed by atoms with E-state index < -0.39 is 36.2 Å². The molecule has 0 bridgehead atoms. The molecule has 4 atom stereocenters. The van der Waals surface area contributed by atoms with Crippen molar-refractivity contribution in [3.05, 3.63) is 47.1 Å². The Morgan fingerprint density at radius 2 is 2.14 bits per heavy atom. The first-order valence-corrected chi connectivity index (χ1v) is 9.51. The lowest BCUT2D eigenvalue weighted by atomic mass is 9.83. The molecular formula is C22H28O6. The predicted octanol–water partition coefficient (Wildman–Crippen LogP) is 3.23. The van der Waals surface area contributed by atoms with Gasteiger partial charge in [-0.15, -0.1) is 0 Å². The van der Waals surface area contributed by atoms with E-state index in [1.165, 1.54) is 0 Å². The summed E-state index contributed by atoms with van der Waals surface area (Å²) in [5.41, 5.74) is 2.03. The molecule has 28 heavy (non-hydrogen) atoms. The van der Waals surface area contributed by atoms with E-state index in [-0.39, 0.29) is 5.57 Å². The van der Waals surface area contributed by atoms with Gasteiger partial charge in [0.2, 0.25) is 0 Å². The Morgan fingerprint density at radius 1 is 1.43 bits per heavy atom. The highest BCUT2D eigenvalue weighted by molar-refractivity contribution is 5.92. The Balaban J connectivity index is 2.59. The zero-order valence-corrected chi connectivity index (χ0v) is 16.9. The summed E-state index contributed by atoms with van der Waals surface area (Å²) in [6, 6.07) is 0. The SMILES string of the molecule is C=C1C(=O)O[C@@H]2/C=C(\C)CC/C=C(/C=O)[C@H](OCC)[C@@H](OC(=O)/C(C)=C\C)[C@@H]12. The average Bonchev–Trinajstić information content (AvgIpc) is 2.94. The van der Waals surface area contributed by atoms with E-state index in [9.17, 15) is 14.4 Å². The topological polar surface area (TPSA) is 78.9 Å². The summed E-state index contributed by atoms with van der Waals surface area (Å²) in [6.45, 7) is 11.3. The van der Waals surface area contributed by atoms with Crippen LogP contribution in [-0.2, 0) is 28.6 Å². The van der Waals surface area contributed by atoms with Crippen LogP contribution in [0.15, 0.2) is 47.1 Å². The fourth-order valence-electron chi connectivity index (χ4n) is 3.41. The molecule has 0 unspecified atom stereocenters. The van der Waals surface area contributed by atoms with Crippen LogP contribution in [0.1, 0.15) is 40.5 Å². The molecule has 1 heterocycles. The van der Waals surface area contributed by atoms with Crippen molar-refractivity contribution in [2.24, 2.45) is 5.92 Å². The molecular weight excluding hydrogens is 360 g/mol. The molecule has 0 N–H and O–H groups in total. The number of carbonyl (C=O) groups is 3. The van der Waals surface area contributed by atoms with Crippen LogP contribution in [0.4, 0.5) is 0 Å². The number of rotatable bonds is 5. The molecule has 0 spiro atoms. The van der Waals surface area contributed by atoms with Crippen LogP contribution < -0.4 is 0 Å². The van der Waals surface area contributed by atoms with Crippen LogP contribution in [0.2, 0.25) is 0 Å². The van der Waals surface area contributed by atoms with Crippen molar-refractivity contribution in [2.75, 3.05) is 6.61 Å². The van der Waals surface area contributed by atoms with Crippen molar-refractivity contribution < 1.29 is 28.6 Å². The molecule has 2 rings (SSSR count). The van der Waals surface area contributed by atoms with Crippen molar-refractivity contribution >= 4 is 18.2 Å². The lowest BCUT2D eigenvalue weighted by Gasteiger charge is -2.33. The molecule has 1 aliphatic carbocycles. The molecule has 152 valence electrons. The second-order valence-electron chi connectivity index (χ2n) is 7.01. The molecule has 0 aromatic carbocycles. The van der Waals surface area contributed by atoms with Gasteiger partial charge in [-0.3, -0.25) is 4.79 Å². The van der Waals surface area contributed by atoms with Crippen LogP contribution in [0, 0.1) is 5.92 Å². The Hall–Kier alpha value is -2.47. The molecule has 1 aliphatic heterocycles. The van der Waals surface area contributed by atoms with Gasteiger partial charge >= 0.3 is 11.9 Å². The molecule has 6 nitrogen and oxygen atoms in total. The van der Waals surface area contributed by atoms with Crippen molar-refractivity contribution in [2.45, 2.75) is 58.8 Å². The second kappa shape index (κ2) is 9.64. The smallest absolute Gasteiger partial charge is 0.334 e. The zero-order chi connectivity index (χ0) is 20.8. The molecule has 1 fully saturated rings. The first-order chi connectivity index (χ1) is 13.3. The molecule has 0 aromatic heterocycles. The number of allylic oxidation sites excluding steroid dienone is 3. The summed E-state index contributed by atoms with van der Waals surface area (Å²) >= 11 is 0. The Morgan fingerprint density at radius 3 is 2.75 bits per heavy atom. The lowest BCUT2D eigenvalue weighted by molar-refractivity contribution is -0.156. The molecule has 0 radical (unpaired) electrons. The number of hydrogen-bond donors (Lipinski definition) is 0. The maximum Gasteiger partial charge on any atom is 0.334 e.